The van der Waals surface area contributed by atoms with Crippen LogP contribution >= 0.6 is 11.3 Å². The van der Waals surface area contributed by atoms with E-state index in [0.29, 0.717) is 30.7 Å². The molecule has 260 valence electrons. The van der Waals surface area contributed by atoms with Gasteiger partial charge in [-0.1, -0.05) is 41.0 Å². The van der Waals surface area contributed by atoms with Crippen LogP contribution in [0.5, 0.6) is 0 Å². The maximum Gasteiger partial charge on any atom is 0.306 e. The van der Waals surface area contributed by atoms with Crippen molar-refractivity contribution >= 4 is 41.0 Å². The average molecular weight is 666 g/mol. The van der Waals surface area contributed by atoms with E-state index in [-0.39, 0.29) is 65.6 Å². The zero-order valence-corrected chi connectivity index (χ0v) is 29.6. The summed E-state index contributed by atoms with van der Waals surface area (Å²) >= 11 is 1.21. The predicted octanol–water partition coefficient (Wildman–Crippen LogP) is 4.16. The Morgan fingerprint density at radius 2 is 1.70 bits per heavy atom. The molecule has 0 bridgehead atoms. The molecular weight excluding hydrogens is 610 g/mol. The number of unbranched alkanes of at least 4 members (excludes halogenated alkanes) is 1. The lowest BCUT2D eigenvalue weighted by Crippen LogP contribution is -2.54. The monoisotopic (exact) mass is 665 g/mol. The third-order valence-corrected chi connectivity index (χ3v) is 9.75. The van der Waals surface area contributed by atoms with Crippen molar-refractivity contribution in [2.75, 3.05) is 20.6 Å². The number of aromatic nitrogens is 1. The van der Waals surface area contributed by atoms with Crippen molar-refractivity contribution in [1.29, 1.82) is 0 Å². The second kappa shape index (κ2) is 18.9. The van der Waals surface area contributed by atoms with Crippen molar-refractivity contribution in [3.05, 3.63) is 16.1 Å². The second-order valence-corrected chi connectivity index (χ2v) is 14.1. The van der Waals surface area contributed by atoms with Crippen molar-refractivity contribution in [1.82, 2.24) is 25.8 Å². The molecule has 1 aromatic rings. The molecule has 1 aliphatic rings. The van der Waals surface area contributed by atoms with Crippen LogP contribution in [0.3, 0.4) is 0 Å². The van der Waals surface area contributed by atoms with Gasteiger partial charge in [0.1, 0.15) is 16.7 Å². The highest BCUT2D eigenvalue weighted by Gasteiger charge is 2.35. The van der Waals surface area contributed by atoms with Crippen molar-refractivity contribution in [3.63, 3.8) is 0 Å². The Morgan fingerprint density at radius 1 is 1.04 bits per heavy atom. The molecule has 1 saturated carbocycles. The van der Waals surface area contributed by atoms with E-state index >= 15 is 0 Å². The highest BCUT2D eigenvalue weighted by atomic mass is 32.1. The van der Waals surface area contributed by atoms with E-state index in [1.165, 1.54) is 18.3 Å². The fourth-order valence-corrected chi connectivity index (χ4v) is 6.69. The first-order valence-electron chi connectivity index (χ1n) is 16.5. The van der Waals surface area contributed by atoms with E-state index in [9.17, 15) is 29.1 Å². The summed E-state index contributed by atoms with van der Waals surface area (Å²) in [6.07, 6.45) is 4.28. The second-order valence-electron chi connectivity index (χ2n) is 13.3. The summed E-state index contributed by atoms with van der Waals surface area (Å²) in [5.74, 6) is -2.80. The van der Waals surface area contributed by atoms with Gasteiger partial charge in [0.15, 0.2) is 6.10 Å². The van der Waals surface area contributed by atoms with Gasteiger partial charge in [0, 0.05) is 43.8 Å². The van der Waals surface area contributed by atoms with Crippen LogP contribution in [0.2, 0.25) is 0 Å². The first-order chi connectivity index (χ1) is 21.7. The Bertz CT molecular complexity index is 1160. The maximum absolute atomic E-state index is 13.9. The smallest absolute Gasteiger partial charge is 0.306 e. The number of nitrogens with zero attached hydrogens (tertiary/aromatic N) is 2. The molecule has 1 aromatic heterocycles. The van der Waals surface area contributed by atoms with Gasteiger partial charge in [-0.2, -0.15) is 0 Å². The SMILES string of the molecule is CNCCCC[C@@H](C)C(=O)N[C@H](C(=O)N(C)[C@H](C[C@@H](OC(C)=O)c1nc(C(=O)NC2CCC(C(=O)O)CC2)cs1)C(C)C)C(C)C. The van der Waals surface area contributed by atoms with E-state index < -0.39 is 24.1 Å². The number of hydrogen-bond acceptors (Lipinski definition) is 9. The Balaban J connectivity index is 2.15. The highest BCUT2D eigenvalue weighted by molar-refractivity contribution is 7.09. The molecule has 46 heavy (non-hydrogen) atoms. The van der Waals surface area contributed by atoms with Gasteiger partial charge < -0.3 is 30.7 Å². The quantitative estimate of drug-likeness (QED) is 0.133. The van der Waals surface area contributed by atoms with Crippen molar-refractivity contribution < 1.29 is 33.8 Å². The number of nitrogens with one attached hydrogen (secondary N) is 3. The van der Waals surface area contributed by atoms with E-state index in [1.807, 2.05) is 41.7 Å². The van der Waals surface area contributed by atoms with E-state index in [4.69, 9.17) is 4.74 Å². The maximum atomic E-state index is 13.9. The minimum Gasteiger partial charge on any atom is -0.481 e. The Morgan fingerprint density at radius 3 is 2.24 bits per heavy atom. The lowest BCUT2D eigenvalue weighted by molar-refractivity contribution is -0.149. The van der Waals surface area contributed by atoms with Gasteiger partial charge in [0.25, 0.3) is 5.91 Å². The van der Waals surface area contributed by atoms with Crippen LogP contribution in [-0.2, 0) is 23.9 Å². The minimum absolute atomic E-state index is 0.0229. The molecule has 0 saturated heterocycles. The summed E-state index contributed by atoms with van der Waals surface area (Å²) in [4.78, 5) is 69.5. The molecule has 2 rings (SSSR count). The average Bonchev–Trinajstić information content (AvgIpc) is 3.49. The Kier molecular flexibility index (Phi) is 16.1. The lowest BCUT2D eigenvalue weighted by atomic mass is 9.86. The number of aliphatic carboxylic acids is 1. The minimum atomic E-state index is -0.803. The number of carbonyl (C=O) groups excluding carboxylic acids is 4. The van der Waals surface area contributed by atoms with Crippen LogP contribution in [-0.4, -0.2) is 83.4 Å². The zero-order chi connectivity index (χ0) is 34.6. The molecule has 1 heterocycles. The normalized spacial score (nSPS) is 19.2. The zero-order valence-electron chi connectivity index (χ0n) is 28.8. The molecule has 0 aliphatic heterocycles. The molecule has 3 amide bonds. The van der Waals surface area contributed by atoms with Crippen LogP contribution in [0, 0.1) is 23.7 Å². The number of thiazole rings is 1. The van der Waals surface area contributed by atoms with Gasteiger partial charge in [0.05, 0.1) is 5.92 Å². The molecule has 0 spiro atoms. The van der Waals surface area contributed by atoms with Crippen LogP contribution < -0.4 is 16.0 Å². The van der Waals surface area contributed by atoms with E-state index in [2.05, 4.69) is 20.9 Å². The summed E-state index contributed by atoms with van der Waals surface area (Å²) in [6, 6.07) is -1.20. The number of carboxylic acids is 1. The number of esters is 1. The number of carboxylic acid groups (broad SMARTS) is 1. The van der Waals surface area contributed by atoms with Gasteiger partial charge in [-0.3, -0.25) is 24.0 Å². The van der Waals surface area contributed by atoms with Gasteiger partial charge in [0.2, 0.25) is 11.8 Å². The summed E-state index contributed by atoms with van der Waals surface area (Å²) in [7, 11) is 3.61. The van der Waals surface area contributed by atoms with Crippen molar-refractivity contribution in [2.45, 2.75) is 117 Å². The first-order valence-corrected chi connectivity index (χ1v) is 17.4. The molecule has 0 aromatic carbocycles. The summed E-state index contributed by atoms with van der Waals surface area (Å²) in [5, 5.41) is 20.4. The Hall–Kier alpha value is -3.06. The molecule has 4 atom stereocenters. The Labute approximate surface area is 277 Å². The number of likely N-dealkylation sites (N-methyl/N-ethyl adjacent to an activating group) is 1. The van der Waals surface area contributed by atoms with Crippen molar-refractivity contribution in [3.8, 4) is 0 Å². The predicted molar refractivity (Wildman–Crippen MR) is 177 cm³/mol. The molecule has 0 radical (unpaired) electrons. The van der Waals surface area contributed by atoms with Gasteiger partial charge in [-0.25, -0.2) is 4.98 Å². The lowest BCUT2D eigenvalue weighted by Gasteiger charge is -2.36. The number of amides is 3. The van der Waals surface area contributed by atoms with Crippen LogP contribution in [0.25, 0.3) is 0 Å². The highest BCUT2D eigenvalue weighted by Crippen LogP contribution is 2.31. The molecule has 1 aliphatic carbocycles. The van der Waals surface area contributed by atoms with Crippen LogP contribution in [0.15, 0.2) is 5.38 Å². The topological polar surface area (TPSA) is 167 Å². The number of ether oxygens (including phenoxy) is 1. The standard InChI is InChI=1S/C33H55N5O7S/c1-19(2)26(38(8)32(42)28(20(3)4)37-29(40)21(5)11-9-10-16-34-7)17-27(45-22(6)39)31-36-25(18-46-31)30(41)35-24-14-12-23(13-15-24)33(43)44/h18-21,23-24,26-28,34H,9-17H2,1-8H3,(H,35,41)(H,37,40)(H,43,44)/t21-,23?,24?,26-,27-,28+/m1/s1. The summed E-state index contributed by atoms with van der Waals surface area (Å²) < 4.78 is 5.69. The largest absolute Gasteiger partial charge is 0.481 e. The first kappa shape index (κ1) is 39.1. The molecule has 1 fully saturated rings. The van der Waals surface area contributed by atoms with Gasteiger partial charge in [-0.15, -0.1) is 11.3 Å². The molecule has 13 heteroatoms. The van der Waals surface area contributed by atoms with Crippen molar-refractivity contribution in [2.24, 2.45) is 23.7 Å². The number of rotatable bonds is 18. The molecule has 4 N–H and O–H groups in total. The summed E-state index contributed by atoms with van der Waals surface area (Å²) in [6.45, 7) is 11.9. The van der Waals surface area contributed by atoms with Gasteiger partial charge >= 0.3 is 11.9 Å². The van der Waals surface area contributed by atoms with Crippen LogP contribution in [0.4, 0.5) is 0 Å². The van der Waals surface area contributed by atoms with Crippen LogP contribution in [0.1, 0.15) is 115 Å². The fraction of sp³-hybridized carbons (Fsp3) is 0.758. The van der Waals surface area contributed by atoms with Gasteiger partial charge in [-0.05, 0) is 64.0 Å². The van der Waals surface area contributed by atoms with E-state index in [0.717, 1.165) is 25.8 Å². The summed E-state index contributed by atoms with van der Waals surface area (Å²) in [5.41, 5.74) is 0.200. The number of carbonyl (C=O) groups is 5. The molecular formula is C33H55N5O7S. The third-order valence-electron chi connectivity index (χ3n) is 8.81. The third kappa shape index (κ3) is 11.9. The molecule has 12 nitrogen and oxygen atoms in total. The molecule has 0 unspecified atom stereocenters. The van der Waals surface area contributed by atoms with E-state index in [1.54, 1.807) is 17.3 Å². The fourth-order valence-electron chi connectivity index (χ4n) is 5.86. The number of hydrogen-bond donors (Lipinski definition) is 4.